The fourth-order valence-electron chi connectivity index (χ4n) is 3.87. The molecule has 0 amide bonds. The number of nitrogens with two attached hydrogens (primary N) is 1. The van der Waals surface area contributed by atoms with E-state index in [1.165, 1.54) is 18.2 Å². The van der Waals surface area contributed by atoms with E-state index >= 15 is 0 Å². The number of hydrogen-bond acceptors (Lipinski definition) is 7. The first-order valence-corrected chi connectivity index (χ1v) is 11.4. The van der Waals surface area contributed by atoms with Gasteiger partial charge in [-0.1, -0.05) is 12.1 Å². The maximum absolute atomic E-state index is 14.5. The number of anilines is 1. The number of pyridine rings is 1. The van der Waals surface area contributed by atoms with Crippen LogP contribution in [0.1, 0.15) is 11.1 Å². The first kappa shape index (κ1) is 20.3. The summed E-state index contributed by atoms with van der Waals surface area (Å²) in [6, 6.07) is 9.27. The molecule has 32 heavy (non-hydrogen) atoms. The van der Waals surface area contributed by atoms with Crippen LogP contribution in [-0.4, -0.2) is 30.2 Å². The Hall–Kier alpha value is -3.63. The molecular weight excluding hydrogens is 433 g/mol. The number of ether oxygens (including phenoxy) is 1. The van der Waals surface area contributed by atoms with Crippen LogP contribution in [-0.2, 0) is 23.0 Å². The molecule has 2 aromatic carbocycles. The largest absolute Gasteiger partial charge is 0.493 e. The lowest BCUT2D eigenvalue weighted by atomic mass is 10.0. The molecule has 0 saturated heterocycles. The third-order valence-corrected chi connectivity index (χ3v) is 6.39. The van der Waals surface area contributed by atoms with Crippen LogP contribution in [0.25, 0.3) is 21.9 Å². The van der Waals surface area contributed by atoms with Crippen molar-refractivity contribution in [2.75, 3.05) is 11.9 Å². The minimum absolute atomic E-state index is 0.0259. The predicted molar refractivity (Wildman–Crippen MR) is 117 cm³/mol. The molecule has 5 rings (SSSR count). The lowest BCUT2D eigenvalue weighted by molar-refractivity contribution is 0.356. The van der Waals surface area contributed by atoms with Crippen molar-refractivity contribution in [1.29, 1.82) is 0 Å². The maximum atomic E-state index is 14.5. The highest BCUT2D eigenvalue weighted by Crippen LogP contribution is 2.33. The summed E-state index contributed by atoms with van der Waals surface area (Å²) in [6.45, 7) is 0.784. The zero-order valence-corrected chi connectivity index (χ0v) is 17.6. The van der Waals surface area contributed by atoms with Crippen LogP contribution in [0, 0.1) is 5.82 Å². The highest BCUT2D eigenvalue weighted by molar-refractivity contribution is 7.89. The number of nitrogens with zero attached hydrogens (tertiary/aromatic N) is 3. The van der Waals surface area contributed by atoms with Gasteiger partial charge in [-0.05, 0) is 29.8 Å². The highest BCUT2D eigenvalue weighted by Gasteiger charge is 2.20. The minimum Gasteiger partial charge on any atom is -0.493 e. The number of rotatable bonds is 5. The van der Waals surface area contributed by atoms with Gasteiger partial charge in [0.25, 0.3) is 0 Å². The van der Waals surface area contributed by atoms with Crippen LogP contribution < -0.4 is 15.2 Å². The number of sulfonamides is 1. The molecule has 2 aromatic heterocycles. The third kappa shape index (κ3) is 3.63. The summed E-state index contributed by atoms with van der Waals surface area (Å²) in [6.07, 6.45) is 5.52. The van der Waals surface area contributed by atoms with Gasteiger partial charge in [0, 0.05) is 46.6 Å². The normalized spacial score (nSPS) is 13.1. The highest BCUT2D eigenvalue weighted by atomic mass is 32.2. The van der Waals surface area contributed by atoms with Gasteiger partial charge in [-0.25, -0.2) is 22.9 Å². The van der Waals surface area contributed by atoms with Crippen molar-refractivity contribution in [2.45, 2.75) is 17.9 Å². The Kier molecular flexibility index (Phi) is 4.95. The van der Waals surface area contributed by atoms with Gasteiger partial charge in [0.1, 0.15) is 17.4 Å². The summed E-state index contributed by atoms with van der Waals surface area (Å²) in [5, 5.41) is 17.8. The second kappa shape index (κ2) is 7.81. The van der Waals surface area contributed by atoms with Crippen LogP contribution in [0.2, 0.25) is 0 Å². The van der Waals surface area contributed by atoms with Crippen LogP contribution in [0.15, 0.2) is 59.9 Å². The van der Waals surface area contributed by atoms with E-state index in [1.54, 1.807) is 36.8 Å². The van der Waals surface area contributed by atoms with E-state index in [9.17, 15) is 12.8 Å². The van der Waals surface area contributed by atoms with Crippen molar-refractivity contribution in [2.24, 2.45) is 5.14 Å². The molecule has 3 N–H and O–H groups in total. The van der Waals surface area contributed by atoms with Crippen molar-refractivity contribution in [1.82, 2.24) is 15.2 Å². The van der Waals surface area contributed by atoms with E-state index in [2.05, 4.69) is 20.5 Å². The number of primary sulfonamides is 1. The summed E-state index contributed by atoms with van der Waals surface area (Å²) in [7, 11) is -3.78. The average Bonchev–Trinajstić information content (AvgIpc) is 3.27. The van der Waals surface area contributed by atoms with E-state index in [0.29, 0.717) is 35.5 Å². The molecule has 162 valence electrons. The van der Waals surface area contributed by atoms with Gasteiger partial charge < -0.3 is 10.1 Å². The number of fused-ring (bicyclic) bond motifs is 2. The first-order valence-electron chi connectivity index (χ1n) is 9.81. The lowest BCUT2D eigenvalue weighted by Crippen LogP contribution is -2.11. The Morgan fingerprint density at radius 2 is 1.78 bits per heavy atom. The van der Waals surface area contributed by atoms with Gasteiger partial charge in [0.15, 0.2) is 0 Å². The van der Waals surface area contributed by atoms with E-state index in [4.69, 9.17) is 9.88 Å². The van der Waals surface area contributed by atoms with Crippen molar-refractivity contribution in [3.63, 3.8) is 0 Å². The Balaban J connectivity index is 1.50. The second-order valence-electron chi connectivity index (χ2n) is 7.36. The quantitative estimate of drug-likeness (QED) is 0.478. The number of hydrogen-bond donors (Lipinski definition) is 2. The maximum Gasteiger partial charge on any atom is 0.238 e. The van der Waals surface area contributed by atoms with Crippen LogP contribution >= 0.6 is 0 Å². The molecule has 0 saturated carbocycles. The van der Waals surface area contributed by atoms with Gasteiger partial charge in [-0.3, -0.25) is 0 Å². The molecule has 4 aromatic rings. The topological polar surface area (TPSA) is 120 Å². The van der Waals surface area contributed by atoms with Gasteiger partial charge in [0.2, 0.25) is 10.0 Å². The summed E-state index contributed by atoms with van der Waals surface area (Å²) in [5.41, 5.74) is 2.92. The molecule has 0 unspecified atom stereocenters. The zero-order chi connectivity index (χ0) is 22.3. The molecule has 1 aliphatic rings. The second-order valence-corrected chi connectivity index (χ2v) is 8.92. The molecule has 0 radical (unpaired) electrons. The van der Waals surface area contributed by atoms with Crippen molar-refractivity contribution in [3.8, 4) is 16.9 Å². The number of aromatic nitrogens is 3. The molecule has 3 heterocycles. The molecule has 0 spiro atoms. The monoisotopic (exact) mass is 451 g/mol. The minimum atomic E-state index is -3.78. The fraction of sp³-hybridized carbons (Fsp3) is 0.136. The summed E-state index contributed by atoms with van der Waals surface area (Å²) >= 11 is 0. The van der Waals surface area contributed by atoms with Gasteiger partial charge >= 0.3 is 0 Å². The van der Waals surface area contributed by atoms with E-state index in [-0.39, 0.29) is 17.3 Å². The Labute approximate surface area is 183 Å². The Morgan fingerprint density at radius 1 is 1.03 bits per heavy atom. The van der Waals surface area contributed by atoms with Crippen molar-refractivity contribution < 1.29 is 17.5 Å². The zero-order valence-electron chi connectivity index (χ0n) is 16.7. The van der Waals surface area contributed by atoms with Gasteiger partial charge in [-0.15, -0.1) is 0 Å². The van der Waals surface area contributed by atoms with Gasteiger partial charge in [0.05, 0.1) is 23.9 Å². The van der Waals surface area contributed by atoms with Gasteiger partial charge in [-0.2, -0.15) is 10.2 Å². The molecule has 0 aliphatic carbocycles. The van der Waals surface area contributed by atoms with E-state index in [1.807, 2.05) is 0 Å². The fourth-order valence-corrected chi connectivity index (χ4v) is 4.38. The average molecular weight is 451 g/mol. The van der Waals surface area contributed by atoms with Crippen molar-refractivity contribution in [3.05, 3.63) is 71.9 Å². The number of benzene rings is 2. The molecule has 8 nitrogen and oxygen atoms in total. The smallest absolute Gasteiger partial charge is 0.238 e. The molecular formula is C22H18FN5O3S. The molecule has 0 atom stereocenters. The molecule has 0 bridgehead atoms. The predicted octanol–water partition coefficient (Wildman–Crippen LogP) is 3.03. The van der Waals surface area contributed by atoms with E-state index < -0.39 is 10.0 Å². The molecule has 0 fully saturated rings. The third-order valence-electron chi connectivity index (χ3n) is 5.47. The lowest BCUT2D eigenvalue weighted by Gasteiger charge is -2.14. The SMILES string of the molecule is NS(=O)(=O)c1ccc(-c2cnc(NCc3c(F)ccc4c3CCO4)c3cnncc23)cc1. The van der Waals surface area contributed by atoms with Crippen molar-refractivity contribution >= 4 is 26.6 Å². The number of nitrogens with one attached hydrogen (secondary N) is 1. The molecule has 1 aliphatic heterocycles. The number of halogens is 1. The Bertz CT molecular complexity index is 1440. The first-order chi connectivity index (χ1) is 15.4. The van der Waals surface area contributed by atoms with E-state index in [0.717, 1.165) is 22.1 Å². The summed E-state index contributed by atoms with van der Waals surface area (Å²) < 4.78 is 43.1. The Morgan fingerprint density at radius 3 is 2.53 bits per heavy atom. The van der Waals surface area contributed by atoms with Crippen LogP contribution in [0.3, 0.4) is 0 Å². The summed E-state index contributed by atoms with van der Waals surface area (Å²) in [4.78, 5) is 4.54. The molecule has 10 heteroatoms. The summed E-state index contributed by atoms with van der Waals surface area (Å²) in [5.74, 6) is 0.957. The standard InChI is InChI=1S/C22H18FN5O3S/c23-20-5-6-21-15(7-8-31-21)18(20)10-26-22-19-12-28-27-11-17(19)16(9-25-22)13-1-3-14(4-2-13)32(24,29)30/h1-6,9,11-12H,7-8,10H2,(H,25,26)(H2,24,29,30). The van der Waals surface area contributed by atoms with Crippen LogP contribution in [0.4, 0.5) is 10.2 Å². The van der Waals surface area contributed by atoms with Crippen LogP contribution in [0.5, 0.6) is 5.75 Å².